The van der Waals surface area contributed by atoms with Gasteiger partial charge in [-0.25, -0.2) is 9.97 Å². The number of aromatic nitrogens is 3. The zero-order chi connectivity index (χ0) is 18.9. The number of ether oxygens (including phenoxy) is 2. The minimum atomic E-state index is -0.131. The Balaban J connectivity index is 1.31. The highest BCUT2D eigenvalue weighted by atomic mass is 16.5. The zero-order valence-corrected chi connectivity index (χ0v) is 15.7. The molecule has 2 aromatic rings. The van der Waals surface area contributed by atoms with E-state index in [0.29, 0.717) is 24.0 Å². The van der Waals surface area contributed by atoms with E-state index in [0.717, 1.165) is 38.4 Å². The second-order valence-corrected chi connectivity index (χ2v) is 7.22. The third-order valence-electron chi connectivity index (χ3n) is 5.63. The predicted octanol–water partition coefficient (Wildman–Crippen LogP) is 1.24. The Kier molecular flexibility index (Phi) is 4.73. The molecule has 2 saturated heterocycles. The highest BCUT2D eigenvalue weighted by Crippen LogP contribution is 2.43. The van der Waals surface area contributed by atoms with Gasteiger partial charge in [0, 0.05) is 32.5 Å². The minimum absolute atomic E-state index is 0.0289. The van der Waals surface area contributed by atoms with E-state index in [2.05, 4.69) is 20.2 Å². The van der Waals surface area contributed by atoms with E-state index in [4.69, 9.17) is 9.47 Å². The van der Waals surface area contributed by atoms with Gasteiger partial charge >= 0.3 is 0 Å². The molecule has 2 aromatic heterocycles. The molecule has 27 heavy (non-hydrogen) atoms. The maximum atomic E-state index is 12.2. The van der Waals surface area contributed by atoms with Crippen molar-refractivity contribution in [3.63, 3.8) is 0 Å². The lowest BCUT2D eigenvalue weighted by Gasteiger charge is -2.50. The fraction of sp³-hybridized carbons (Fsp3) is 0.526. The third kappa shape index (κ3) is 3.37. The normalized spacial score (nSPS) is 20.5. The summed E-state index contributed by atoms with van der Waals surface area (Å²) in [6.07, 6.45) is 5.34. The molecule has 0 bridgehead atoms. The molecule has 2 aliphatic heterocycles. The molecule has 8 heteroatoms. The highest BCUT2D eigenvalue weighted by molar-refractivity contribution is 5.92. The summed E-state index contributed by atoms with van der Waals surface area (Å²) in [6, 6.07) is 5.55. The van der Waals surface area contributed by atoms with Crippen molar-refractivity contribution >= 4 is 11.7 Å². The van der Waals surface area contributed by atoms with Crippen LogP contribution in [0.1, 0.15) is 23.3 Å². The smallest absolute Gasteiger partial charge is 0.267 e. The summed E-state index contributed by atoms with van der Waals surface area (Å²) in [5, 5.41) is 3.03. The van der Waals surface area contributed by atoms with Crippen LogP contribution in [0.5, 0.6) is 5.88 Å². The molecule has 1 spiro atoms. The number of aryl methyl sites for hydroxylation is 1. The fourth-order valence-corrected chi connectivity index (χ4v) is 4.07. The topological polar surface area (TPSA) is 81.5 Å². The van der Waals surface area contributed by atoms with Crippen LogP contribution in [0.3, 0.4) is 0 Å². The van der Waals surface area contributed by atoms with E-state index in [1.54, 1.807) is 7.11 Å². The summed E-state index contributed by atoms with van der Waals surface area (Å²) in [5.74, 6) is 1.83. The van der Waals surface area contributed by atoms with E-state index in [-0.39, 0.29) is 11.5 Å². The Labute approximate surface area is 158 Å². The number of hydrogen-bond donors (Lipinski definition) is 1. The molecule has 0 aliphatic carbocycles. The van der Waals surface area contributed by atoms with Gasteiger partial charge in [-0.1, -0.05) is 0 Å². The van der Waals surface area contributed by atoms with E-state index in [1.807, 2.05) is 36.0 Å². The summed E-state index contributed by atoms with van der Waals surface area (Å²) < 4.78 is 13.1. The Hall–Kier alpha value is -2.61. The second kappa shape index (κ2) is 7.19. The van der Waals surface area contributed by atoms with Crippen molar-refractivity contribution in [2.75, 3.05) is 38.3 Å². The first-order chi connectivity index (χ1) is 13.1. The molecular formula is C19H25N5O3. The van der Waals surface area contributed by atoms with E-state index < -0.39 is 0 Å². The van der Waals surface area contributed by atoms with Gasteiger partial charge in [0.25, 0.3) is 5.91 Å². The number of carbonyl (C=O) groups excluding carboxylic acids is 1. The van der Waals surface area contributed by atoms with Crippen LogP contribution in [-0.2, 0) is 11.8 Å². The Morgan fingerprint density at radius 1 is 1.44 bits per heavy atom. The Morgan fingerprint density at radius 3 is 3.04 bits per heavy atom. The van der Waals surface area contributed by atoms with E-state index in [1.165, 1.54) is 6.33 Å². The van der Waals surface area contributed by atoms with Gasteiger partial charge in [-0.2, -0.15) is 0 Å². The number of anilines is 1. The molecule has 8 nitrogen and oxygen atoms in total. The Morgan fingerprint density at radius 2 is 2.30 bits per heavy atom. The van der Waals surface area contributed by atoms with Crippen molar-refractivity contribution in [2.24, 2.45) is 13.0 Å². The number of hydrogen-bond acceptors (Lipinski definition) is 6. The first kappa shape index (κ1) is 17.8. The average molecular weight is 371 g/mol. The Bertz CT molecular complexity index is 815. The first-order valence-corrected chi connectivity index (χ1v) is 9.26. The number of methoxy groups -OCH3 is 1. The molecule has 2 aliphatic rings. The zero-order valence-electron chi connectivity index (χ0n) is 15.7. The number of amides is 1. The van der Waals surface area contributed by atoms with Crippen LogP contribution in [0.25, 0.3) is 0 Å². The van der Waals surface area contributed by atoms with Crippen molar-refractivity contribution in [2.45, 2.75) is 18.4 Å². The van der Waals surface area contributed by atoms with Crippen molar-refractivity contribution in [1.82, 2.24) is 19.9 Å². The van der Waals surface area contributed by atoms with Gasteiger partial charge in [-0.3, -0.25) is 4.79 Å². The molecule has 0 radical (unpaired) electrons. The van der Waals surface area contributed by atoms with Gasteiger partial charge in [-0.15, -0.1) is 0 Å². The van der Waals surface area contributed by atoms with Crippen LogP contribution in [-0.4, -0.2) is 59.4 Å². The van der Waals surface area contributed by atoms with Crippen LogP contribution >= 0.6 is 0 Å². The lowest BCUT2D eigenvalue weighted by atomic mass is 9.79. The van der Waals surface area contributed by atoms with E-state index in [9.17, 15) is 4.79 Å². The van der Waals surface area contributed by atoms with Gasteiger partial charge < -0.3 is 24.3 Å². The average Bonchev–Trinajstić information content (AvgIpc) is 3.26. The molecule has 2 fully saturated rings. The number of rotatable bonds is 6. The fourth-order valence-electron chi connectivity index (χ4n) is 4.07. The standard InChI is InChI=1S/C19H25N5O3/c1-23-8-3-4-15(23)18(25)20-7-5-14-6-9-27-19(14)11-24(12-19)16-10-17(26-2)22-13-21-16/h3-4,8,10,13-14H,5-7,9,11-12H2,1-2H3,(H,20,25)/t14-/m1/s1. The van der Waals surface area contributed by atoms with Crippen LogP contribution in [0, 0.1) is 5.92 Å². The van der Waals surface area contributed by atoms with Crippen molar-refractivity contribution in [3.05, 3.63) is 36.4 Å². The SMILES string of the molecule is COc1cc(N2CC3(C2)OCC[C@H]3CCNC(=O)c2cccn2C)ncn1. The second-order valence-electron chi connectivity index (χ2n) is 7.22. The van der Waals surface area contributed by atoms with Gasteiger partial charge in [0.1, 0.15) is 23.4 Å². The molecule has 0 saturated carbocycles. The molecule has 1 N–H and O–H groups in total. The molecule has 4 heterocycles. The highest BCUT2D eigenvalue weighted by Gasteiger charge is 2.53. The number of carbonyl (C=O) groups is 1. The monoisotopic (exact) mass is 371 g/mol. The van der Waals surface area contributed by atoms with Crippen LogP contribution in [0.15, 0.2) is 30.7 Å². The molecular weight excluding hydrogens is 346 g/mol. The predicted molar refractivity (Wildman–Crippen MR) is 100.0 cm³/mol. The largest absolute Gasteiger partial charge is 0.481 e. The molecule has 1 amide bonds. The summed E-state index contributed by atoms with van der Waals surface area (Å²) in [6.45, 7) is 3.05. The lowest BCUT2D eigenvalue weighted by Crippen LogP contribution is -2.65. The minimum Gasteiger partial charge on any atom is -0.481 e. The summed E-state index contributed by atoms with van der Waals surface area (Å²) in [7, 11) is 3.48. The number of nitrogens with zero attached hydrogens (tertiary/aromatic N) is 4. The van der Waals surface area contributed by atoms with E-state index >= 15 is 0 Å². The molecule has 0 unspecified atom stereocenters. The lowest BCUT2D eigenvalue weighted by molar-refractivity contribution is -0.0455. The summed E-state index contributed by atoms with van der Waals surface area (Å²) in [5.41, 5.74) is 0.549. The third-order valence-corrected chi connectivity index (χ3v) is 5.63. The van der Waals surface area contributed by atoms with Crippen molar-refractivity contribution in [3.8, 4) is 5.88 Å². The van der Waals surface area contributed by atoms with Gasteiger partial charge in [0.05, 0.1) is 20.2 Å². The van der Waals surface area contributed by atoms with Crippen molar-refractivity contribution in [1.29, 1.82) is 0 Å². The van der Waals surface area contributed by atoms with Crippen LogP contribution in [0.2, 0.25) is 0 Å². The summed E-state index contributed by atoms with van der Waals surface area (Å²) in [4.78, 5) is 22.8. The first-order valence-electron chi connectivity index (χ1n) is 9.26. The van der Waals surface area contributed by atoms with Gasteiger partial charge in [-0.05, 0) is 30.9 Å². The number of nitrogens with one attached hydrogen (secondary N) is 1. The molecule has 1 atom stereocenters. The van der Waals surface area contributed by atoms with Crippen LogP contribution in [0.4, 0.5) is 5.82 Å². The van der Waals surface area contributed by atoms with Crippen molar-refractivity contribution < 1.29 is 14.3 Å². The quantitative estimate of drug-likeness (QED) is 0.823. The molecule has 0 aromatic carbocycles. The summed E-state index contributed by atoms with van der Waals surface area (Å²) >= 11 is 0. The van der Waals surface area contributed by atoms with Crippen LogP contribution < -0.4 is 15.0 Å². The maximum absolute atomic E-state index is 12.2. The molecule has 4 rings (SSSR count). The van der Waals surface area contributed by atoms with Gasteiger partial charge in [0.2, 0.25) is 5.88 Å². The molecule has 144 valence electrons. The maximum Gasteiger partial charge on any atom is 0.267 e. The van der Waals surface area contributed by atoms with Gasteiger partial charge in [0.15, 0.2) is 0 Å².